The van der Waals surface area contributed by atoms with E-state index in [1.54, 1.807) is 0 Å². The first-order valence-electron chi connectivity index (χ1n) is 11.9. The lowest BCUT2D eigenvalue weighted by Crippen LogP contribution is -2.47. The molecule has 0 radical (unpaired) electrons. The zero-order valence-electron chi connectivity index (χ0n) is 19.0. The molecule has 4 nitrogen and oxygen atoms in total. The lowest BCUT2D eigenvalue weighted by molar-refractivity contribution is -0.127. The van der Waals surface area contributed by atoms with Gasteiger partial charge in [0.05, 0.1) is 6.54 Å². The van der Waals surface area contributed by atoms with Crippen LogP contribution in [0.4, 0.5) is 5.69 Å². The lowest BCUT2D eigenvalue weighted by atomic mass is 9.62. The third-order valence-corrected chi connectivity index (χ3v) is 8.64. The van der Waals surface area contributed by atoms with Gasteiger partial charge < -0.3 is 10.2 Å². The summed E-state index contributed by atoms with van der Waals surface area (Å²) in [6.45, 7) is 7.14. The molecule has 1 N–H and O–H groups in total. The Kier molecular flexibility index (Phi) is 5.96. The molecule has 3 aliphatic rings. The molecule has 0 aliphatic heterocycles. The molecule has 3 unspecified atom stereocenters. The maximum atomic E-state index is 13.2. The molecule has 1 aromatic carbocycles. The first kappa shape index (κ1) is 21.4. The molecule has 3 atom stereocenters. The summed E-state index contributed by atoms with van der Waals surface area (Å²) >= 11 is 0. The zero-order chi connectivity index (χ0) is 21.4. The second-order valence-electron chi connectivity index (χ2n) is 10.8. The third-order valence-electron chi connectivity index (χ3n) is 8.64. The number of para-hydroxylation sites is 1. The van der Waals surface area contributed by atoms with Crippen LogP contribution >= 0.6 is 0 Å². The molecule has 3 fully saturated rings. The number of benzene rings is 1. The van der Waals surface area contributed by atoms with E-state index in [0.29, 0.717) is 12.3 Å². The number of hydrogen-bond acceptors (Lipinski definition) is 2. The van der Waals surface area contributed by atoms with Crippen molar-refractivity contribution in [2.24, 2.45) is 22.7 Å². The van der Waals surface area contributed by atoms with Crippen LogP contribution in [0.2, 0.25) is 0 Å². The largest absolute Gasteiger partial charge is 0.347 e. The molecular formula is C26H38N2O2. The van der Waals surface area contributed by atoms with Crippen molar-refractivity contribution < 1.29 is 9.59 Å². The second kappa shape index (κ2) is 8.36. The number of fused-ring (bicyclic) bond motifs is 2. The maximum absolute atomic E-state index is 13.2. The van der Waals surface area contributed by atoms with E-state index in [4.69, 9.17) is 0 Å². The van der Waals surface area contributed by atoms with Crippen LogP contribution in [0.5, 0.6) is 0 Å². The summed E-state index contributed by atoms with van der Waals surface area (Å²) in [7, 11) is 0. The highest BCUT2D eigenvalue weighted by Crippen LogP contribution is 2.66. The fourth-order valence-corrected chi connectivity index (χ4v) is 6.92. The molecule has 4 rings (SSSR count). The Bertz CT molecular complexity index is 764. The van der Waals surface area contributed by atoms with Gasteiger partial charge in [-0.15, -0.1) is 0 Å². The van der Waals surface area contributed by atoms with E-state index in [9.17, 15) is 9.59 Å². The average molecular weight is 411 g/mol. The molecule has 164 valence electrons. The number of amides is 2. The Morgan fingerprint density at radius 1 is 1.03 bits per heavy atom. The molecule has 4 heteroatoms. The predicted octanol–water partition coefficient (Wildman–Crippen LogP) is 5.32. The molecule has 0 heterocycles. The summed E-state index contributed by atoms with van der Waals surface area (Å²) in [4.78, 5) is 28.0. The van der Waals surface area contributed by atoms with Crippen molar-refractivity contribution in [1.82, 2.24) is 5.32 Å². The molecular weight excluding hydrogens is 372 g/mol. The SMILES string of the molecule is CC12CCC(C1)C(C)(C)C2CC(=O)NCC(=O)N(c1ccccc1)C1CCCCC1. The van der Waals surface area contributed by atoms with E-state index < -0.39 is 0 Å². The lowest BCUT2D eigenvalue weighted by Gasteiger charge is -2.42. The quantitative estimate of drug-likeness (QED) is 0.690. The van der Waals surface area contributed by atoms with Gasteiger partial charge in [-0.3, -0.25) is 9.59 Å². The fourth-order valence-electron chi connectivity index (χ4n) is 6.92. The molecule has 3 saturated carbocycles. The minimum Gasteiger partial charge on any atom is -0.347 e. The van der Waals surface area contributed by atoms with Gasteiger partial charge in [-0.1, -0.05) is 58.2 Å². The molecule has 0 saturated heterocycles. The summed E-state index contributed by atoms with van der Waals surface area (Å²) in [6, 6.07) is 10.2. The third kappa shape index (κ3) is 4.02. The standard InChI is InChI=1S/C26H38N2O2/c1-25(2)19-14-15-26(3,17-19)22(25)16-23(29)27-18-24(30)28(20-10-6-4-7-11-20)21-12-8-5-9-13-21/h4,6-7,10-11,19,21-22H,5,8-9,12-18H2,1-3H3,(H,27,29). The highest BCUT2D eigenvalue weighted by molar-refractivity contribution is 5.97. The highest BCUT2D eigenvalue weighted by Gasteiger charge is 2.59. The van der Waals surface area contributed by atoms with Crippen molar-refractivity contribution in [3.63, 3.8) is 0 Å². The number of nitrogens with zero attached hydrogens (tertiary/aromatic N) is 1. The summed E-state index contributed by atoms with van der Waals surface area (Å²) in [6.07, 6.45) is 10.0. The van der Waals surface area contributed by atoms with Crippen molar-refractivity contribution in [3.8, 4) is 0 Å². The van der Waals surface area contributed by atoms with E-state index in [1.165, 1.54) is 38.5 Å². The van der Waals surface area contributed by atoms with Crippen molar-refractivity contribution in [1.29, 1.82) is 0 Å². The smallest absolute Gasteiger partial charge is 0.246 e. The molecule has 0 aromatic heterocycles. The number of carbonyl (C=O) groups is 2. The van der Waals surface area contributed by atoms with E-state index in [0.717, 1.165) is 24.4 Å². The van der Waals surface area contributed by atoms with Gasteiger partial charge in [-0.25, -0.2) is 0 Å². The van der Waals surface area contributed by atoms with Gasteiger partial charge in [0.25, 0.3) is 0 Å². The Labute approximate surface area is 181 Å². The number of hydrogen-bond donors (Lipinski definition) is 1. The van der Waals surface area contributed by atoms with E-state index in [1.807, 2.05) is 35.2 Å². The van der Waals surface area contributed by atoms with Crippen molar-refractivity contribution in [2.45, 2.75) is 84.6 Å². The molecule has 3 aliphatic carbocycles. The summed E-state index contributed by atoms with van der Waals surface area (Å²) < 4.78 is 0. The van der Waals surface area contributed by atoms with Crippen molar-refractivity contribution in [3.05, 3.63) is 30.3 Å². The monoisotopic (exact) mass is 410 g/mol. The second-order valence-corrected chi connectivity index (χ2v) is 10.8. The normalized spacial score (nSPS) is 30.2. The summed E-state index contributed by atoms with van der Waals surface area (Å²) in [5.74, 6) is 1.19. The van der Waals surface area contributed by atoms with E-state index in [2.05, 4.69) is 26.1 Å². The van der Waals surface area contributed by atoms with Gasteiger partial charge in [-0.05, 0) is 66.9 Å². The maximum Gasteiger partial charge on any atom is 0.246 e. The van der Waals surface area contributed by atoms with Gasteiger partial charge in [0.2, 0.25) is 11.8 Å². The Balaban J connectivity index is 1.39. The molecule has 2 amide bonds. The van der Waals surface area contributed by atoms with Gasteiger partial charge >= 0.3 is 0 Å². The first-order chi connectivity index (χ1) is 14.3. The molecule has 2 bridgehead atoms. The van der Waals surface area contributed by atoms with Gasteiger partial charge in [-0.2, -0.15) is 0 Å². The first-order valence-corrected chi connectivity index (χ1v) is 11.9. The summed E-state index contributed by atoms with van der Waals surface area (Å²) in [5, 5.41) is 2.98. The molecule has 1 aromatic rings. The number of carbonyl (C=O) groups excluding carboxylic acids is 2. The van der Waals surface area contributed by atoms with Gasteiger partial charge in [0.15, 0.2) is 0 Å². The predicted molar refractivity (Wildman–Crippen MR) is 121 cm³/mol. The van der Waals surface area contributed by atoms with Crippen LogP contribution in [0, 0.1) is 22.7 Å². The number of nitrogens with one attached hydrogen (secondary N) is 1. The average Bonchev–Trinajstić information content (AvgIpc) is 3.22. The van der Waals surface area contributed by atoms with Crippen LogP contribution in [0.15, 0.2) is 30.3 Å². The van der Waals surface area contributed by atoms with Crippen LogP contribution in [0.3, 0.4) is 0 Å². The fraction of sp³-hybridized carbons (Fsp3) is 0.692. The minimum absolute atomic E-state index is 0.0138. The van der Waals surface area contributed by atoms with Crippen LogP contribution < -0.4 is 10.2 Å². The van der Waals surface area contributed by atoms with Crippen LogP contribution in [0.1, 0.15) is 78.6 Å². The van der Waals surface area contributed by atoms with Gasteiger partial charge in [0, 0.05) is 18.2 Å². The summed E-state index contributed by atoms with van der Waals surface area (Å²) in [5.41, 5.74) is 1.45. The molecule has 30 heavy (non-hydrogen) atoms. The topological polar surface area (TPSA) is 49.4 Å². The highest BCUT2D eigenvalue weighted by atomic mass is 16.2. The van der Waals surface area contributed by atoms with E-state index in [-0.39, 0.29) is 35.2 Å². The Hall–Kier alpha value is -1.84. The van der Waals surface area contributed by atoms with Gasteiger partial charge in [0.1, 0.15) is 0 Å². The van der Waals surface area contributed by atoms with Crippen molar-refractivity contribution >= 4 is 17.5 Å². The number of anilines is 1. The van der Waals surface area contributed by atoms with Crippen LogP contribution in [-0.2, 0) is 9.59 Å². The Morgan fingerprint density at radius 3 is 2.37 bits per heavy atom. The zero-order valence-corrected chi connectivity index (χ0v) is 19.0. The Morgan fingerprint density at radius 2 is 1.73 bits per heavy atom. The number of rotatable bonds is 6. The minimum atomic E-state index is 0.0138. The molecule has 0 spiro atoms. The van der Waals surface area contributed by atoms with Crippen LogP contribution in [0.25, 0.3) is 0 Å². The van der Waals surface area contributed by atoms with E-state index >= 15 is 0 Å². The van der Waals surface area contributed by atoms with Crippen molar-refractivity contribution in [2.75, 3.05) is 11.4 Å². The van der Waals surface area contributed by atoms with Crippen LogP contribution in [-0.4, -0.2) is 24.4 Å².